The van der Waals surface area contributed by atoms with E-state index in [1.165, 1.54) is 25.2 Å². The minimum Gasteiger partial charge on any atom is -0.370 e. The van der Waals surface area contributed by atoms with Crippen LogP contribution in [0, 0.1) is 24.2 Å². The summed E-state index contributed by atoms with van der Waals surface area (Å²) in [5.74, 6) is 4.52. The molecule has 0 radical (unpaired) electrons. The van der Waals surface area contributed by atoms with Crippen LogP contribution in [0.5, 0.6) is 0 Å². The largest absolute Gasteiger partial charge is 0.370 e. The number of aromatic nitrogens is 1. The van der Waals surface area contributed by atoms with Gasteiger partial charge in [0.2, 0.25) is 0 Å². The summed E-state index contributed by atoms with van der Waals surface area (Å²) in [6, 6.07) is 2.05. The molecule has 2 heterocycles. The van der Waals surface area contributed by atoms with E-state index in [-0.39, 0.29) is 0 Å². The maximum Gasteiger partial charge on any atom is 0.0565 e. The molecule has 2 nitrogen and oxygen atoms in total. The van der Waals surface area contributed by atoms with Gasteiger partial charge in [-0.25, -0.2) is 0 Å². The highest BCUT2D eigenvalue weighted by Gasteiger charge is 2.45. The lowest BCUT2D eigenvalue weighted by Crippen LogP contribution is -2.21. The van der Waals surface area contributed by atoms with Crippen LogP contribution in [-0.2, 0) is 0 Å². The Morgan fingerprint density at radius 2 is 2.14 bits per heavy atom. The van der Waals surface area contributed by atoms with Crippen LogP contribution in [0.3, 0.4) is 0 Å². The summed E-state index contributed by atoms with van der Waals surface area (Å²) in [5, 5.41) is 0. The monoisotopic (exact) mass is 184 g/mol. The fraction of sp³-hybridized carbons (Fsp3) is 0.417. The number of anilines is 1. The molecule has 0 amide bonds. The first-order chi connectivity index (χ1) is 6.86. The molecule has 0 aromatic carbocycles. The average Bonchev–Trinajstić information content (AvgIpc) is 2.86. The van der Waals surface area contributed by atoms with Gasteiger partial charge in [-0.1, -0.05) is 5.92 Å². The van der Waals surface area contributed by atoms with Gasteiger partial charge < -0.3 is 4.90 Å². The van der Waals surface area contributed by atoms with E-state index in [0.717, 1.165) is 17.4 Å². The van der Waals surface area contributed by atoms with Crippen LogP contribution in [0.4, 0.5) is 5.69 Å². The Hall–Kier alpha value is -1.49. The van der Waals surface area contributed by atoms with Gasteiger partial charge >= 0.3 is 0 Å². The summed E-state index contributed by atoms with van der Waals surface area (Å²) in [5.41, 5.74) is 2.07. The molecule has 0 bridgehead atoms. The first kappa shape index (κ1) is 7.87. The lowest BCUT2D eigenvalue weighted by molar-refractivity contribution is 0.817. The molecular formula is C12H12N2. The molecule has 1 saturated carbocycles. The lowest BCUT2D eigenvalue weighted by atomic mass is 10.2. The first-order valence-corrected chi connectivity index (χ1v) is 5.03. The van der Waals surface area contributed by atoms with Crippen molar-refractivity contribution in [2.75, 3.05) is 18.0 Å². The quantitative estimate of drug-likeness (QED) is 0.615. The van der Waals surface area contributed by atoms with Gasteiger partial charge in [0.05, 0.1) is 11.9 Å². The minimum atomic E-state index is 0.878. The van der Waals surface area contributed by atoms with Gasteiger partial charge in [0.15, 0.2) is 0 Å². The highest BCUT2D eigenvalue weighted by molar-refractivity contribution is 5.51. The van der Waals surface area contributed by atoms with Crippen molar-refractivity contribution in [3.63, 3.8) is 0 Å². The summed E-state index contributed by atoms with van der Waals surface area (Å²) >= 11 is 0. The van der Waals surface area contributed by atoms with Crippen LogP contribution in [0.2, 0.25) is 0 Å². The summed E-state index contributed by atoms with van der Waals surface area (Å²) in [7, 11) is 0. The Kier molecular flexibility index (Phi) is 1.55. The zero-order valence-electron chi connectivity index (χ0n) is 7.98. The van der Waals surface area contributed by atoms with Gasteiger partial charge in [-0.3, -0.25) is 4.98 Å². The van der Waals surface area contributed by atoms with Gasteiger partial charge in [0.1, 0.15) is 0 Å². The van der Waals surface area contributed by atoms with Crippen LogP contribution in [-0.4, -0.2) is 18.1 Å². The second-order valence-corrected chi connectivity index (χ2v) is 4.24. The summed E-state index contributed by atoms with van der Waals surface area (Å²) < 4.78 is 0. The third-order valence-electron chi connectivity index (χ3n) is 3.23. The predicted molar refractivity (Wildman–Crippen MR) is 56.0 cm³/mol. The molecule has 2 fully saturated rings. The summed E-state index contributed by atoms with van der Waals surface area (Å²) in [4.78, 5) is 6.55. The molecule has 70 valence electrons. The average molecular weight is 184 g/mol. The topological polar surface area (TPSA) is 16.1 Å². The second kappa shape index (κ2) is 2.75. The van der Waals surface area contributed by atoms with Gasteiger partial charge in [-0.15, -0.1) is 6.42 Å². The van der Waals surface area contributed by atoms with Crippen molar-refractivity contribution in [3.05, 3.63) is 24.0 Å². The van der Waals surface area contributed by atoms with Crippen LogP contribution in [0.1, 0.15) is 12.0 Å². The van der Waals surface area contributed by atoms with Crippen LogP contribution >= 0.6 is 0 Å². The standard InChI is InChI=1S/C12H12N2/c1-2-9-3-12(6-13-5-9)14-7-10-4-11(10)8-14/h1,3,5-6,10-11H,4,7-8H2. The SMILES string of the molecule is C#Cc1cncc(N2CC3CC3C2)c1. The van der Waals surface area contributed by atoms with E-state index in [0.29, 0.717) is 0 Å². The molecule has 3 rings (SSSR count). The fourth-order valence-electron chi connectivity index (χ4n) is 2.29. The molecule has 2 unspecified atom stereocenters. The van der Waals surface area contributed by atoms with Gasteiger partial charge in [-0.05, 0) is 24.3 Å². The highest BCUT2D eigenvalue weighted by atomic mass is 15.2. The van der Waals surface area contributed by atoms with Crippen molar-refractivity contribution in [1.29, 1.82) is 0 Å². The van der Waals surface area contributed by atoms with Crippen LogP contribution in [0.15, 0.2) is 18.5 Å². The van der Waals surface area contributed by atoms with Gasteiger partial charge in [0, 0.05) is 24.8 Å². The van der Waals surface area contributed by atoms with Crippen molar-refractivity contribution >= 4 is 5.69 Å². The number of rotatable bonds is 1. The number of piperidine rings is 1. The zero-order chi connectivity index (χ0) is 9.54. The van der Waals surface area contributed by atoms with Crippen molar-refractivity contribution in [3.8, 4) is 12.3 Å². The Balaban J connectivity index is 1.86. The molecule has 2 aliphatic rings. The van der Waals surface area contributed by atoms with E-state index < -0.39 is 0 Å². The smallest absolute Gasteiger partial charge is 0.0565 e. The summed E-state index contributed by atoms with van der Waals surface area (Å²) in [6.07, 6.45) is 10.4. The number of nitrogens with zero attached hydrogens (tertiary/aromatic N) is 2. The highest BCUT2D eigenvalue weighted by Crippen LogP contribution is 2.46. The molecule has 0 spiro atoms. The third-order valence-corrected chi connectivity index (χ3v) is 3.23. The van der Waals surface area contributed by atoms with Crippen molar-refractivity contribution < 1.29 is 0 Å². The zero-order valence-corrected chi connectivity index (χ0v) is 7.98. The number of pyridine rings is 1. The van der Waals surface area contributed by atoms with E-state index in [2.05, 4.69) is 21.9 Å². The second-order valence-electron chi connectivity index (χ2n) is 4.24. The number of hydrogen-bond donors (Lipinski definition) is 0. The summed E-state index contributed by atoms with van der Waals surface area (Å²) in [6.45, 7) is 2.39. The molecule has 1 saturated heterocycles. The molecule has 0 N–H and O–H groups in total. The maximum absolute atomic E-state index is 5.34. The Labute approximate surface area is 84.0 Å². The normalized spacial score (nSPS) is 28.4. The fourth-order valence-corrected chi connectivity index (χ4v) is 2.29. The predicted octanol–water partition coefficient (Wildman–Crippen LogP) is 1.52. The molecule has 1 aromatic heterocycles. The van der Waals surface area contributed by atoms with Crippen LogP contribution in [0.25, 0.3) is 0 Å². The van der Waals surface area contributed by atoms with E-state index in [9.17, 15) is 0 Å². The first-order valence-electron chi connectivity index (χ1n) is 5.03. The number of hydrogen-bond acceptors (Lipinski definition) is 2. The van der Waals surface area contributed by atoms with E-state index >= 15 is 0 Å². The van der Waals surface area contributed by atoms with Crippen molar-refractivity contribution in [2.45, 2.75) is 6.42 Å². The van der Waals surface area contributed by atoms with Crippen molar-refractivity contribution in [2.24, 2.45) is 11.8 Å². The molecule has 14 heavy (non-hydrogen) atoms. The molecule has 1 aliphatic heterocycles. The maximum atomic E-state index is 5.34. The Bertz CT molecular complexity index is 395. The number of fused-ring (bicyclic) bond motifs is 1. The Morgan fingerprint density at radius 3 is 2.86 bits per heavy atom. The molecule has 2 atom stereocenters. The van der Waals surface area contributed by atoms with Gasteiger partial charge in [-0.2, -0.15) is 0 Å². The van der Waals surface area contributed by atoms with E-state index in [4.69, 9.17) is 6.42 Å². The van der Waals surface area contributed by atoms with Crippen molar-refractivity contribution in [1.82, 2.24) is 4.98 Å². The third kappa shape index (κ3) is 1.17. The molecular weight excluding hydrogens is 172 g/mol. The van der Waals surface area contributed by atoms with Gasteiger partial charge in [0.25, 0.3) is 0 Å². The molecule has 2 heteroatoms. The molecule has 1 aromatic rings. The lowest BCUT2D eigenvalue weighted by Gasteiger charge is -2.19. The molecule has 1 aliphatic carbocycles. The van der Waals surface area contributed by atoms with Crippen LogP contribution < -0.4 is 4.90 Å². The Morgan fingerprint density at radius 1 is 1.36 bits per heavy atom. The minimum absolute atomic E-state index is 0.878. The van der Waals surface area contributed by atoms with E-state index in [1.54, 1.807) is 6.20 Å². The number of terminal acetylenes is 1. The van der Waals surface area contributed by atoms with E-state index in [1.807, 2.05) is 6.20 Å².